The Morgan fingerprint density at radius 3 is 2.44 bits per heavy atom. The lowest BCUT2D eigenvalue weighted by molar-refractivity contribution is -0.907. The number of amides is 2. The molecule has 0 heterocycles. The predicted octanol–water partition coefficient (Wildman–Crippen LogP) is 1.74. The lowest BCUT2D eigenvalue weighted by Crippen LogP contribution is -3.12. The monoisotopic (exact) mass is 360 g/mol. The van der Waals surface area contributed by atoms with Gasteiger partial charge in [0.15, 0.2) is 6.04 Å². The third kappa shape index (κ3) is 5.31. The highest BCUT2D eigenvalue weighted by molar-refractivity contribution is 6.30. The van der Waals surface area contributed by atoms with Crippen molar-refractivity contribution < 1.29 is 14.5 Å². The highest BCUT2D eigenvalue weighted by atomic mass is 35.5. The molecule has 0 aromatic heterocycles. The van der Waals surface area contributed by atoms with E-state index in [1.807, 2.05) is 32.2 Å². The summed E-state index contributed by atoms with van der Waals surface area (Å²) < 4.78 is 0. The van der Waals surface area contributed by atoms with Crippen LogP contribution < -0.4 is 15.5 Å². The largest absolute Gasteiger partial charge is 0.355 e. The van der Waals surface area contributed by atoms with Gasteiger partial charge in [-0.2, -0.15) is 0 Å². The third-order valence-electron chi connectivity index (χ3n) is 4.15. The molecule has 0 aliphatic rings. The van der Waals surface area contributed by atoms with Crippen LogP contribution in [-0.4, -0.2) is 32.0 Å². The van der Waals surface area contributed by atoms with Gasteiger partial charge in [-0.15, -0.1) is 0 Å². The summed E-state index contributed by atoms with van der Waals surface area (Å²) >= 11 is 5.94. The minimum Gasteiger partial charge on any atom is -0.355 e. The number of likely N-dealkylation sites (N-methyl/N-ethyl adjacent to an activating group) is 1. The van der Waals surface area contributed by atoms with Gasteiger partial charge in [0, 0.05) is 28.9 Å². The average Bonchev–Trinajstić information content (AvgIpc) is 2.61. The number of rotatable bonds is 6. The third-order valence-corrected chi connectivity index (χ3v) is 4.39. The van der Waals surface area contributed by atoms with Gasteiger partial charge in [0.25, 0.3) is 11.8 Å². The van der Waals surface area contributed by atoms with Crippen molar-refractivity contribution in [2.24, 2.45) is 0 Å². The molecular formula is C19H23ClN3O2+. The standard InChI is InChI=1S/C19H22ClN3O2/c1-13(18(24)22-17-6-4-5-16(20)11-17)23(3)12-14-7-9-15(10-8-14)19(25)21-2/h4-11,13H,12H2,1-3H3,(H,21,25)(H,22,24)/p+1/t13-/m1/s1. The van der Waals surface area contributed by atoms with Crippen LogP contribution in [0, 0.1) is 0 Å². The molecule has 2 rings (SSSR count). The second-order valence-electron chi connectivity index (χ2n) is 6.02. The predicted molar refractivity (Wildman–Crippen MR) is 100.0 cm³/mol. The van der Waals surface area contributed by atoms with E-state index in [0.717, 1.165) is 10.5 Å². The fourth-order valence-corrected chi connectivity index (χ4v) is 2.62. The molecule has 25 heavy (non-hydrogen) atoms. The zero-order chi connectivity index (χ0) is 18.4. The molecule has 0 saturated carbocycles. The van der Waals surface area contributed by atoms with Crippen LogP contribution in [0.15, 0.2) is 48.5 Å². The molecule has 0 fully saturated rings. The molecule has 132 valence electrons. The van der Waals surface area contributed by atoms with Crippen molar-refractivity contribution in [1.29, 1.82) is 0 Å². The van der Waals surface area contributed by atoms with Crippen molar-refractivity contribution in [3.63, 3.8) is 0 Å². The Kier molecular flexibility index (Phi) is 6.56. The van der Waals surface area contributed by atoms with Crippen molar-refractivity contribution in [3.8, 4) is 0 Å². The number of anilines is 1. The van der Waals surface area contributed by atoms with Crippen LogP contribution in [-0.2, 0) is 11.3 Å². The molecule has 0 radical (unpaired) electrons. The number of benzene rings is 2. The van der Waals surface area contributed by atoms with E-state index in [1.54, 1.807) is 37.4 Å². The summed E-state index contributed by atoms with van der Waals surface area (Å²) in [6, 6.07) is 14.3. The van der Waals surface area contributed by atoms with Gasteiger partial charge in [-0.1, -0.05) is 29.8 Å². The van der Waals surface area contributed by atoms with E-state index in [9.17, 15) is 9.59 Å². The zero-order valence-corrected chi connectivity index (χ0v) is 15.4. The molecule has 0 aliphatic heterocycles. The smallest absolute Gasteiger partial charge is 0.282 e. The zero-order valence-electron chi connectivity index (χ0n) is 14.6. The molecule has 2 amide bonds. The van der Waals surface area contributed by atoms with E-state index in [4.69, 9.17) is 11.6 Å². The number of carbonyl (C=O) groups is 2. The van der Waals surface area contributed by atoms with Crippen molar-refractivity contribution in [1.82, 2.24) is 5.32 Å². The normalized spacial score (nSPS) is 13.0. The van der Waals surface area contributed by atoms with Gasteiger partial charge in [0.05, 0.1) is 7.05 Å². The number of hydrogen-bond acceptors (Lipinski definition) is 2. The Labute approximate surface area is 153 Å². The molecule has 0 bridgehead atoms. The molecule has 2 atom stereocenters. The maximum Gasteiger partial charge on any atom is 0.282 e. The first kappa shape index (κ1) is 19.0. The highest BCUT2D eigenvalue weighted by Gasteiger charge is 2.22. The Morgan fingerprint density at radius 2 is 1.84 bits per heavy atom. The van der Waals surface area contributed by atoms with Crippen LogP contribution in [0.25, 0.3) is 0 Å². The summed E-state index contributed by atoms with van der Waals surface area (Å²) in [4.78, 5) is 25.0. The van der Waals surface area contributed by atoms with Gasteiger partial charge in [0.2, 0.25) is 0 Å². The van der Waals surface area contributed by atoms with Gasteiger partial charge in [-0.05, 0) is 37.3 Å². The number of hydrogen-bond donors (Lipinski definition) is 3. The van der Waals surface area contributed by atoms with E-state index < -0.39 is 0 Å². The lowest BCUT2D eigenvalue weighted by atomic mass is 10.1. The fourth-order valence-electron chi connectivity index (χ4n) is 2.43. The molecule has 0 spiro atoms. The van der Waals surface area contributed by atoms with E-state index in [2.05, 4.69) is 10.6 Å². The molecular weight excluding hydrogens is 338 g/mol. The van der Waals surface area contributed by atoms with E-state index in [1.165, 1.54) is 0 Å². The Hall–Kier alpha value is -2.37. The fraction of sp³-hybridized carbons (Fsp3) is 0.263. The van der Waals surface area contributed by atoms with Crippen LogP contribution in [0.3, 0.4) is 0 Å². The molecule has 2 aromatic rings. The van der Waals surface area contributed by atoms with Gasteiger partial charge in [-0.25, -0.2) is 0 Å². The first-order chi connectivity index (χ1) is 11.9. The Morgan fingerprint density at radius 1 is 1.16 bits per heavy atom. The van der Waals surface area contributed by atoms with E-state index in [0.29, 0.717) is 22.8 Å². The number of nitrogens with one attached hydrogen (secondary N) is 3. The summed E-state index contributed by atoms with van der Waals surface area (Å²) in [7, 11) is 3.57. The quantitative estimate of drug-likeness (QED) is 0.734. The van der Waals surface area contributed by atoms with Gasteiger partial charge in [0.1, 0.15) is 6.54 Å². The number of halogens is 1. The SMILES string of the molecule is CNC(=O)c1ccc(C[NH+](C)[C@H](C)C(=O)Nc2cccc(Cl)c2)cc1. The lowest BCUT2D eigenvalue weighted by Gasteiger charge is -2.21. The van der Waals surface area contributed by atoms with Crippen molar-refractivity contribution in [2.45, 2.75) is 19.5 Å². The first-order valence-corrected chi connectivity index (χ1v) is 8.48. The molecule has 6 heteroatoms. The molecule has 0 aliphatic carbocycles. The molecule has 2 aromatic carbocycles. The summed E-state index contributed by atoms with van der Waals surface area (Å²) in [5, 5.41) is 6.06. The van der Waals surface area contributed by atoms with E-state index in [-0.39, 0.29) is 17.9 Å². The summed E-state index contributed by atoms with van der Waals surface area (Å²) in [5.41, 5.74) is 2.37. The molecule has 0 saturated heterocycles. The Bertz CT molecular complexity index is 747. The maximum absolute atomic E-state index is 12.4. The molecule has 5 nitrogen and oxygen atoms in total. The van der Waals surface area contributed by atoms with Crippen LogP contribution in [0.4, 0.5) is 5.69 Å². The summed E-state index contributed by atoms with van der Waals surface area (Å²) in [6.07, 6.45) is 0. The summed E-state index contributed by atoms with van der Waals surface area (Å²) in [5.74, 6) is -0.178. The van der Waals surface area contributed by atoms with Gasteiger partial charge < -0.3 is 15.5 Å². The highest BCUT2D eigenvalue weighted by Crippen LogP contribution is 2.14. The molecule has 3 N–H and O–H groups in total. The van der Waals surface area contributed by atoms with Crippen LogP contribution >= 0.6 is 11.6 Å². The van der Waals surface area contributed by atoms with Crippen LogP contribution in [0.2, 0.25) is 5.02 Å². The van der Waals surface area contributed by atoms with Gasteiger partial charge in [-0.3, -0.25) is 9.59 Å². The summed E-state index contributed by atoms with van der Waals surface area (Å²) in [6.45, 7) is 2.56. The van der Waals surface area contributed by atoms with E-state index >= 15 is 0 Å². The minimum atomic E-state index is -0.238. The van der Waals surface area contributed by atoms with Gasteiger partial charge >= 0.3 is 0 Å². The number of quaternary nitrogens is 1. The Balaban J connectivity index is 1.96. The molecule has 1 unspecified atom stereocenters. The van der Waals surface area contributed by atoms with Crippen LogP contribution in [0.1, 0.15) is 22.8 Å². The van der Waals surface area contributed by atoms with Crippen molar-refractivity contribution >= 4 is 29.1 Å². The second-order valence-corrected chi connectivity index (χ2v) is 6.46. The minimum absolute atomic E-state index is 0.0678. The maximum atomic E-state index is 12.4. The second kappa shape index (κ2) is 8.65. The van der Waals surface area contributed by atoms with Crippen LogP contribution in [0.5, 0.6) is 0 Å². The van der Waals surface area contributed by atoms with Crippen molar-refractivity contribution in [2.75, 3.05) is 19.4 Å². The number of carbonyl (C=O) groups excluding carboxylic acids is 2. The topological polar surface area (TPSA) is 62.6 Å². The first-order valence-electron chi connectivity index (χ1n) is 8.10. The van der Waals surface area contributed by atoms with Crippen molar-refractivity contribution in [3.05, 3.63) is 64.7 Å². The average molecular weight is 361 g/mol.